The van der Waals surface area contributed by atoms with E-state index in [0.29, 0.717) is 6.42 Å². The molecular formula is C13H18ClFN2O2S. The van der Waals surface area contributed by atoms with E-state index in [1.165, 1.54) is 10.4 Å². The second-order valence-corrected chi connectivity index (χ2v) is 7.36. The molecule has 0 amide bonds. The fraction of sp³-hybridized carbons (Fsp3) is 0.538. The molecule has 1 aliphatic rings. The molecule has 2 unspecified atom stereocenters. The van der Waals surface area contributed by atoms with Crippen molar-refractivity contribution in [2.75, 3.05) is 5.73 Å². The van der Waals surface area contributed by atoms with E-state index in [2.05, 4.69) is 0 Å². The molecule has 1 saturated heterocycles. The van der Waals surface area contributed by atoms with Gasteiger partial charge in [0.05, 0.1) is 5.02 Å². The number of sulfonamides is 1. The van der Waals surface area contributed by atoms with Crippen molar-refractivity contribution in [3.63, 3.8) is 0 Å². The molecule has 0 bridgehead atoms. The van der Waals surface area contributed by atoms with Gasteiger partial charge in [-0.05, 0) is 38.3 Å². The van der Waals surface area contributed by atoms with E-state index >= 15 is 0 Å². The second kappa shape index (κ2) is 5.50. The van der Waals surface area contributed by atoms with Crippen LogP contribution in [0.5, 0.6) is 0 Å². The zero-order valence-electron chi connectivity index (χ0n) is 11.4. The van der Waals surface area contributed by atoms with Gasteiger partial charge in [-0.25, -0.2) is 12.8 Å². The average molecular weight is 321 g/mol. The second-order valence-electron chi connectivity index (χ2n) is 5.14. The minimum absolute atomic E-state index is 0.102. The van der Waals surface area contributed by atoms with E-state index in [-0.39, 0.29) is 22.8 Å². The quantitative estimate of drug-likeness (QED) is 0.871. The van der Waals surface area contributed by atoms with Crippen molar-refractivity contribution in [3.8, 4) is 0 Å². The van der Waals surface area contributed by atoms with Gasteiger partial charge in [0.15, 0.2) is 5.82 Å². The van der Waals surface area contributed by atoms with Crippen molar-refractivity contribution >= 4 is 27.3 Å². The predicted octanol–water partition coefficient (Wildman–Crippen LogP) is 3.01. The summed E-state index contributed by atoms with van der Waals surface area (Å²) in [5, 5.41) is -0.275. The molecule has 2 atom stereocenters. The molecule has 4 nitrogen and oxygen atoms in total. The molecule has 112 valence electrons. The van der Waals surface area contributed by atoms with Gasteiger partial charge in [0.2, 0.25) is 10.0 Å². The number of nitrogens with two attached hydrogens (primary N) is 1. The van der Waals surface area contributed by atoms with Crippen LogP contribution < -0.4 is 5.73 Å². The van der Waals surface area contributed by atoms with Crippen molar-refractivity contribution in [3.05, 3.63) is 23.0 Å². The molecule has 0 aromatic heterocycles. The lowest BCUT2D eigenvalue weighted by Crippen LogP contribution is -2.40. The molecule has 7 heteroatoms. The Kier molecular flexibility index (Phi) is 4.27. The third-order valence-electron chi connectivity index (χ3n) is 3.76. The topological polar surface area (TPSA) is 63.4 Å². The first kappa shape index (κ1) is 15.5. The summed E-state index contributed by atoms with van der Waals surface area (Å²) < 4.78 is 40.9. The highest BCUT2D eigenvalue weighted by atomic mass is 35.5. The molecule has 0 saturated carbocycles. The van der Waals surface area contributed by atoms with Gasteiger partial charge < -0.3 is 5.73 Å². The minimum atomic E-state index is -3.93. The van der Waals surface area contributed by atoms with E-state index in [0.717, 1.165) is 18.9 Å². The van der Waals surface area contributed by atoms with Crippen LogP contribution in [0.2, 0.25) is 5.02 Å². The molecule has 0 aliphatic carbocycles. The number of hydrogen-bond acceptors (Lipinski definition) is 3. The maximum Gasteiger partial charge on any atom is 0.246 e. The van der Waals surface area contributed by atoms with E-state index in [9.17, 15) is 12.8 Å². The van der Waals surface area contributed by atoms with Crippen LogP contribution in [-0.4, -0.2) is 24.8 Å². The minimum Gasteiger partial charge on any atom is -0.399 e. The van der Waals surface area contributed by atoms with Crippen LogP contribution in [0.3, 0.4) is 0 Å². The average Bonchev–Trinajstić information content (AvgIpc) is 2.75. The lowest BCUT2D eigenvalue weighted by Gasteiger charge is -2.27. The van der Waals surface area contributed by atoms with Gasteiger partial charge in [0, 0.05) is 17.8 Å². The smallest absolute Gasteiger partial charge is 0.246 e. The lowest BCUT2D eigenvalue weighted by atomic mass is 10.2. The third kappa shape index (κ3) is 2.52. The zero-order valence-corrected chi connectivity index (χ0v) is 13.0. The van der Waals surface area contributed by atoms with E-state index in [4.69, 9.17) is 17.3 Å². The van der Waals surface area contributed by atoms with Crippen molar-refractivity contribution in [1.82, 2.24) is 4.31 Å². The van der Waals surface area contributed by atoms with Crippen molar-refractivity contribution in [2.45, 2.75) is 50.1 Å². The molecule has 1 aromatic rings. The number of benzene rings is 1. The molecule has 0 spiro atoms. The third-order valence-corrected chi connectivity index (χ3v) is 6.10. The van der Waals surface area contributed by atoms with Crippen molar-refractivity contribution < 1.29 is 12.8 Å². The highest BCUT2D eigenvalue weighted by Crippen LogP contribution is 2.35. The predicted molar refractivity (Wildman–Crippen MR) is 77.6 cm³/mol. The molecule has 1 aromatic carbocycles. The van der Waals surface area contributed by atoms with E-state index in [1.807, 2.05) is 13.8 Å². The highest BCUT2D eigenvalue weighted by molar-refractivity contribution is 7.89. The van der Waals surface area contributed by atoms with Gasteiger partial charge >= 0.3 is 0 Å². The Hall–Kier alpha value is -0.850. The molecular weight excluding hydrogens is 303 g/mol. The SMILES string of the molecule is CCC1CCC(C)N1S(=O)(=O)c1cc(N)cc(Cl)c1F. The Bertz CT molecular complexity index is 621. The van der Waals surface area contributed by atoms with E-state index < -0.39 is 20.7 Å². The van der Waals surface area contributed by atoms with Crippen LogP contribution in [0, 0.1) is 5.82 Å². The molecule has 0 radical (unpaired) electrons. The van der Waals surface area contributed by atoms with Gasteiger partial charge in [-0.3, -0.25) is 0 Å². The lowest BCUT2D eigenvalue weighted by molar-refractivity contribution is 0.327. The van der Waals surface area contributed by atoms with Gasteiger partial charge in [0.1, 0.15) is 4.90 Å². The number of hydrogen-bond donors (Lipinski definition) is 1. The Morgan fingerprint density at radius 3 is 2.70 bits per heavy atom. The molecule has 2 N–H and O–H groups in total. The molecule has 20 heavy (non-hydrogen) atoms. The van der Waals surface area contributed by atoms with Gasteiger partial charge in [-0.1, -0.05) is 18.5 Å². The van der Waals surface area contributed by atoms with Crippen LogP contribution in [-0.2, 0) is 10.0 Å². The van der Waals surface area contributed by atoms with Crippen LogP contribution in [0.4, 0.5) is 10.1 Å². The number of nitrogen functional groups attached to an aromatic ring is 1. The largest absolute Gasteiger partial charge is 0.399 e. The summed E-state index contributed by atoms with van der Waals surface area (Å²) in [7, 11) is -3.93. The first-order chi connectivity index (χ1) is 9.28. The van der Waals surface area contributed by atoms with Crippen LogP contribution >= 0.6 is 11.6 Å². The summed E-state index contributed by atoms with van der Waals surface area (Å²) in [6.45, 7) is 3.76. The van der Waals surface area contributed by atoms with E-state index in [1.54, 1.807) is 0 Å². The van der Waals surface area contributed by atoms with Crippen LogP contribution in [0.15, 0.2) is 17.0 Å². The normalized spacial score (nSPS) is 24.2. The Morgan fingerprint density at radius 2 is 2.10 bits per heavy atom. The first-order valence-corrected chi connectivity index (χ1v) is 8.38. The molecule has 1 aliphatic heterocycles. The Labute approximate surface area is 123 Å². The fourth-order valence-corrected chi connectivity index (χ4v) is 5.11. The number of halogens is 2. The molecule has 2 rings (SSSR count). The van der Waals surface area contributed by atoms with Gasteiger partial charge in [-0.15, -0.1) is 0 Å². The summed E-state index contributed by atoms with van der Waals surface area (Å²) in [6.07, 6.45) is 2.26. The van der Waals surface area contributed by atoms with Crippen molar-refractivity contribution in [1.29, 1.82) is 0 Å². The van der Waals surface area contributed by atoms with Crippen molar-refractivity contribution in [2.24, 2.45) is 0 Å². The number of rotatable bonds is 3. The number of nitrogens with zero attached hydrogens (tertiary/aromatic N) is 1. The highest BCUT2D eigenvalue weighted by Gasteiger charge is 2.40. The van der Waals surface area contributed by atoms with Gasteiger partial charge in [0.25, 0.3) is 0 Å². The molecule has 1 heterocycles. The zero-order chi connectivity index (χ0) is 15.1. The summed E-state index contributed by atoms with van der Waals surface area (Å²) in [6, 6.07) is 2.09. The maximum absolute atomic E-state index is 14.1. The van der Waals surface area contributed by atoms with Gasteiger partial charge in [-0.2, -0.15) is 4.31 Å². The summed E-state index contributed by atoms with van der Waals surface area (Å²) in [5.41, 5.74) is 5.73. The fourth-order valence-electron chi connectivity index (χ4n) is 2.75. The Morgan fingerprint density at radius 1 is 1.45 bits per heavy atom. The summed E-state index contributed by atoms with van der Waals surface area (Å²) >= 11 is 5.70. The summed E-state index contributed by atoms with van der Waals surface area (Å²) in [5.74, 6) is -0.935. The summed E-state index contributed by atoms with van der Waals surface area (Å²) in [4.78, 5) is -0.435. The standard InChI is InChI=1S/C13H18ClFN2O2S/c1-3-10-5-4-8(2)17(10)20(18,19)12-7-9(16)6-11(14)13(12)15/h6-8,10H,3-5,16H2,1-2H3. The van der Waals surface area contributed by atoms with Crippen LogP contribution in [0.1, 0.15) is 33.1 Å². The maximum atomic E-state index is 14.1. The monoisotopic (exact) mass is 320 g/mol. The Balaban J connectivity index is 2.55. The number of anilines is 1. The molecule has 1 fully saturated rings. The first-order valence-electron chi connectivity index (χ1n) is 6.57. The van der Waals surface area contributed by atoms with Crippen LogP contribution in [0.25, 0.3) is 0 Å².